The number of carbonyl (C=O) groups excluding carboxylic acids is 1. The van der Waals surface area contributed by atoms with Gasteiger partial charge in [-0.2, -0.15) is 5.26 Å². The average molecular weight is 318 g/mol. The van der Waals surface area contributed by atoms with Crippen molar-refractivity contribution in [3.05, 3.63) is 58.9 Å². The van der Waals surface area contributed by atoms with Gasteiger partial charge in [-0.05, 0) is 42.5 Å². The van der Waals surface area contributed by atoms with Crippen molar-refractivity contribution in [2.24, 2.45) is 0 Å². The Hall–Kier alpha value is -2.58. The second-order valence-corrected chi connectivity index (χ2v) is 4.95. The highest BCUT2D eigenvalue weighted by molar-refractivity contribution is 6.31. The molecule has 22 heavy (non-hydrogen) atoms. The van der Waals surface area contributed by atoms with Crippen LogP contribution in [0.15, 0.2) is 42.5 Å². The SMILES string of the molecule is N#Cc1ccc(NC(=O)CCNc2ccc(F)c(Cl)c2)cc1. The van der Waals surface area contributed by atoms with E-state index in [4.69, 9.17) is 16.9 Å². The lowest BCUT2D eigenvalue weighted by molar-refractivity contribution is -0.115. The van der Waals surface area contributed by atoms with E-state index >= 15 is 0 Å². The molecule has 1 amide bonds. The van der Waals surface area contributed by atoms with E-state index in [9.17, 15) is 9.18 Å². The Kier molecular flexibility index (Phi) is 5.34. The molecule has 0 saturated carbocycles. The Bertz CT molecular complexity index is 710. The molecule has 2 aromatic carbocycles. The summed E-state index contributed by atoms with van der Waals surface area (Å²) in [6, 6.07) is 12.9. The van der Waals surface area contributed by atoms with Crippen LogP contribution in [0.2, 0.25) is 5.02 Å². The molecule has 0 unspecified atom stereocenters. The quantitative estimate of drug-likeness (QED) is 0.881. The molecule has 0 aliphatic heterocycles. The smallest absolute Gasteiger partial charge is 0.226 e. The lowest BCUT2D eigenvalue weighted by Gasteiger charge is -2.08. The van der Waals surface area contributed by atoms with Crippen LogP contribution in [0.1, 0.15) is 12.0 Å². The highest BCUT2D eigenvalue weighted by Gasteiger charge is 2.04. The van der Waals surface area contributed by atoms with Gasteiger partial charge in [-0.15, -0.1) is 0 Å². The summed E-state index contributed by atoms with van der Waals surface area (Å²) >= 11 is 5.67. The van der Waals surface area contributed by atoms with Gasteiger partial charge in [0.15, 0.2) is 0 Å². The molecular weight excluding hydrogens is 305 g/mol. The molecule has 0 aromatic heterocycles. The molecule has 0 atom stereocenters. The van der Waals surface area contributed by atoms with Crippen LogP contribution >= 0.6 is 11.6 Å². The minimum absolute atomic E-state index is 0.0343. The van der Waals surface area contributed by atoms with E-state index in [1.165, 1.54) is 12.1 Å². The maximum absolute atomic E-state index is 13.0. The van der Waals surface area contributed by atoms with Crippen molar-refractivity contribution in [1.82, 2.24) is 0 Å². The highest BCUT2D eigenvalue weighted by atomic mass is 35.5. The van der Waals surface area contributed by atoms with E-state index < -0.39 is 5.82 Å². The molecule has 6 heteroatoms. The second-order valence-electron chi connectivity index (χ2n) is 4.54. The molecule has 4 nitrogen and oxygen atoms in total. The van der Waals surface area contributed by atoms with Crippen LogP contribution in [0.3, 0.4) is 0 Å². The van der Waals surface area contributed by atoms with Gasteiger partial charge in [0.25, 0.3) is 0 Å². The van der Waals surface area contributed by atoms with Gasteiger partial charge in [-0.3, -0.25) is 4.79 Å². The molecule has 112 valence electrons. The molecule has 0 heterocycles. The molecule has 2 N–H and O–H groups in total. The van der Waals surface area contributed by atoms with Crippen LogP contribution in [-0.4, -0.2) is 12.5 Å². The summed E-state index contributed by atoms with van der Waals surface area (Å²) in [7, 11) is 0. The summed E-state index contributed by atoms with van der Waals surface area (Å²) in [5.74, 6) is -0.642. The van der Waals surface area contributed by atoms with Crippen LogP contribution in [0.25, 0.3) is 0 Å². The molecule has 0 fully saturated rings. The minimum Gasteiger partial charge on any atom is -0.384 e. The second kappa shape index (κ2) is 7.43. The van der Waals surface area contributed by atoms with Gasteiger partial charge in [0, 0.05) is 24.3 Å². The number of amides is 1. The summed E-state index contributed by atoms with van der Waals surface area (Å²) < 4.78 is 13.0. The molecule has 0 spiro atoms. The summed E-state index contributed by atoms with van der Waals surface area (Å²) in [5.41, 5.74) is 1.82. The number of hydrogen-bond acceptors (Lipinski definition) is 3. The van der Waals surface area contributed by atoms with Crippen molar-refractivity contribution in [2.45, 2.75) is 6.42 Å². The third kappa shape index (κ3) is 4.47. The maximum atomic E-state index is 13.0. The van der Waals surface area contributed by atoms with E-state index in [1.807, 2.05) is 6.07 Å². The largest absolute Gasteiger partial charge is 0.384 e. The molecule has 2 rings (SSSR count). The fraction of sp³-hybridized carbons (Fsp3) is 0.125. The molecule has 2 aromatic rings. The number of rotatable bonds is 5. The molecule has 0 bridgehead atoms. The maximum Gasteiger partial charge on any atom is 0.226 e. The number of nitrogens with one attached hydrogen (secondary N) is 2. The fourth-order valence-corrected chi connectivity index (χ4v) is 1.96. The molecule has 0 aliphatic rings. The Labute approximate surface area is 132 Å². The number of anilines is 2. The zero-order chi connectivity index (χ0) is 15.9. The monoisotopic (exact) mass is 317 g/mol. The number of benzene rings is 2. The normalized spacial score (nSPS) is 9.86. The van der Waals surface area contributed by atoms with Gasteiger partial charge in [0.05, 0.1) is 16.7 Å². The molecule has 0 saturated heterocycles. The Balaban J connectivity index is 1.80. The topological polar surface area (TPSA) is 64.9 Å². The van der Waals surface area contributed by atoms with Gasteiger partial charge in [-0.1, -0.05) is 11.6 Å². The van der Waals surface area contributed by atoms with E-state index in [0.29, 0.717) is 23.5 Å². The Morgan fingerprint density at radius 2 is 1.86 bits per heavy atom. The fourth-order valence-electron chi connectivity index (χ4n) is 1.78. The van der Waals surface area contributed by atoms with Crippen molar-refractivity contribution in [1.29, 1.82) is 5.26 Å². The first-order chi connectivity index (χ1) is 10.6. The average Bonchev–Trinajstić information content (AvgIpc) is 2.51. The van der Waals surface area contributed by atoms with Gasteiger partial charge in [0.2, 0.25) is 5.91 Å². The summed E-state index contributed by atoms with van der Waals surface area (Å²) in [6.45, 7) is 0.393. The summed E-state index contributed by atoms with van der Waals surface area (Å²) in [6.07, 6.45) is 0.245. The van der Waals surface area contributed by atoms with Gasteiger partial charge in [-0.25, -0.2) is 4.39 Å². The Morgan fingerprint density at radius 1 is 1.18 bits per heavy atom. The van der Waals surface area contributed by atoms with Crippen molar-refractivity contribution in [3.8, 4) is 6.07 Å². The summed E-state index contributed by atoms with van der Waals surface area (Å²) in [4.78, 5) is 11.8. The van der Waals surface area contributed by atoms with Crippen molar-refractivity contribution in [3.63, 3.8) is 0 Å². The number of nitrogens with zero attached hydrogens (tertiary/aromatic N) is 1. The van der Waals surface area contributed by atoms with Gasteiger partial charge >= 0.3 is 0 Å². The van der Waals surface area contributed by atoms with Crippen molar-refractivity contribution in [2.75, 3.05) is 17.2 Å². The number of nitriles is 1. The van der Waals surface area contributed by atoms with Crippen molar-refractivity contribution < 1.29 is 9.18 Å². The number of carbonyl (C=O) groups is 1. The first-order valence-corrected chi connectivity index (χ1v) is 6.95. The first-order valence-electron chi connectivity index (χ1n) is 6.57. The molecule has 0 aliphatic carbocycles. The van der Waals surface area contributed by atoms with Crippen LogP contribution in [0.5, 0.6) is 0 Å². The zero-order valence-electron chi connectivity index (χ0n) is 11.6. The van der Waals surface area contributed by atoms with E-state index in [0.717, 1.165) is 0 Å². The third-order valence-electron chi connectivity index (χ3n) is 2.90. The van der Waals surface area contributed by atoms with E-state index in [-0.39, 0.29) is 17.4 Å². The standard InChI is InChI=1S/C16H13ClFN3O/c17-14-9-13(5-6-15(14)18)20-8-7-16(22)21-12-3-1-11(10-19)2-4-12/h1-6,9,20H,7-8H2,(H,21,22). The van der Waals surface area contributed by atoms with Crippen LogP contribution in [-0.2, 0) is 4.79 Å². The number of halogens is 2. The van der Waals surface area contributed by atoms with Crippen molar-refractivity contribution >= 4 is 28.9 Å². The highest BCUT2D eigenvalue weighted by Crippen LogP contribution is 2.19. The third-order valence-corrected chi connectivity index (χ3v) is 3.19. The van der Waals surface area contributed by atoms with Crippen LogP contribution in [0, 0.1) is 17.1 Å². The van der Waals surface area contributed by atoms with Crippen LogP contribution in [0.4, 0.5) is 15.8 Å². The predicted molar refractivity (Wildman–Crippen MR) is 84.3 cm³/mol. The predicted octanol–water partition coefficient (Wildman–Crippen LogP) is 3.79. The Morgan fingerprint density at radius 3 is 2.50 bits per heavy atom. The van der Waals surface area contributed by atoms with Gasteiger partial charge in [0.1, 0.15) is 5.82 Å². The first kappa shape index (κ1) is 15.8. The minimum atomic E-state index is -0.481. The van der Waals surface area contributed by atoms with Gasteiger partial charge < -0.3 is 10.6 Å². The number of hydrogen-bond donors (Lipinski definition) is 2. The molecular formula is C16H13ClFN3O. The van der Waals surface area contributed by atoms with E-state index in [1.54, 1.807) is 30.3 Å². The lowest BCUT2D eigenvalue weighted by Crippen LogP contribution is -2.16. The molecule has 0 radical (unpaired) electrons. The summed E-state index contributed by atoms with van der Waals surface area (Å²) in [5, 5.41) is 14.4. The van der Waals surface area contributed by atoms with Crippen LogP contribution < -0.4 is 10.6 Å². The zero-order valence-corrected chi connectivity index (χ0v) is 12.3. The lowest BCUT2D eigenvalue weighted by atomic mass is 10.2. The van der Waals surface area contributed by atoms with E-state index in [2.05, 4.69) is 10.6 Å².